The minimum atomic E-state index is 0. The molecule has 2 nitrogen and oxygen atoms in total. The lowest BCUT2D eigenvalue weighted by Crippen LogP contribution is -2.07. The molecule has 2 aromatic carbocycles. The lowest BCUT2D eigenvalue weighted by molar-refractivity contribution is 0.781. The van der Waals surface area contributed by atoms with Crippen molar-refractivity contribution in [1.29, 1.82) is 0 Å². The number of aryl methyl sites for hydroxylation is 1. The van der Waals surface area contributed by atoms with E-state index in [-0.39, 0.29) is 17.0 Å². The number of benzene rings is 2. The van der Waals surface area contributed by atoms with Gasteiger partial charge in [-0.1, -0.05) is 54.6 Å². The van der Waals surface area contributed by atoms with Crippen LogP contribution in [0.3, 0.4) is 0 Å². The van der Waals surface area contributed by atoms with E-state index < -0.39 is 0 Å². The molecular weight excluding hydrogens is 348 g/mol. The normalized spacial score (nSPS) is 9.96. The van der Waals surface area contributed by atoms with E-state index >= 15 is 0 Å². The van der Waals surface area contributed by atoms with Crippen LogP contribution in [0.2, 0.25) is 0 Å². The monoisotopic (exact) mass is 368 g/mol. The van der Waals surface area contributed by atoms with E-state index in [1.54, 1.807) is 0 Å². The van der Waals surface area contributed by atoms with Gasteiger partial charge in [0.25, 0.3) is 0 Å². The Labute approximate surface area is 147 Å². The molecule has 0 aliphatic heterocycles. The molecule has 0 bridgehead atoms. The highest BCUT2D eigenvalue weighted by atomic mass is 79.9. The van der Waals surface area contributed by atoms with Gasteiger partial charge in [0.15, 0.2) is 0 Å². The summed E-state index contributed by atoms with van der Waals surface area (Å²) in [4.78, 5) is 4.63. The van der Waals surface area contributed by atoms with Crippen LogP contribution in [0, 0.1) is 6.92 Å². The quantitative estimate of drug-likeness (QED) is 0.643. The molecule has 0 aliphatic rings. The van der Waals surface area contributed by atoms with Crippen molar-refractivity contribution in [2.24, 2.45) is 4.99 Å². The summed E-state index contributed by atoms with van der Waals surface area (Å²) in [6, 6.07) is 23.0. The molecule has 0 aliphatic carbocycles. The molecule has 1 heterocycles. The van der Waals surface area contributed by atoms with Gasteiger partial charge in [-0.2, -0.15) is 0 Å². The molecule has 0 fully saturated rings. The molecule has 1 aromatic heterocycles. The highest BCUT2D eigenvalue weighted by Gasteiger charge is 1.97. The topological polar surface area (TPSA) is 17.3 Å². The van der Waals surface area contributed by atoms with Crippen molar-refractivity contribution in [3.63, 3.8) is 0 Å². The lowest BCUT2D eigenvalue weighted by atomic mass is 10.1. The van der Waals surface area contributed by atoms with Gasteiger partial charge in [-0.15, -0.1) is 17.0 Å². The van der Waals surface area contributed by atoms with Gasteiger partial charge in [-0.05, 0) is 35.7 Å². The van der Waals surface area contributed by atoms with Crippen molar-refractivity contribution in [3.05, 3.63) is 101 Å². The molecule has 3 heteroatoms. The van der Waals surface area contributed by atoms with Crippen LogP contribution < -0.4 is 5.36 Å². The Morgan fingerprint density at radius 2 is 1.48 bits per heavy atom. The summed E-state index contributed by atoms with van der Waals surface area (Å²) in [7, 11) is 0. The number of hydrogen-bond acceptors (Lipinski definition) is 1. The van der Waals surface area contributed by atoms with Crippen LogP contribution in [0.1, 0.15) is 16.7 Å². The molecule has 0 unspecified atom stereocenters. The minimum absolute atomic E-state index is 0. The second kappa shape index (κ2) is 8.49. The van der Waals surface area contributed by atoms with E-state index in [0.29, 0.717) is 0 Å². The SMILES string of the molecule is Br.Cc1ccccc1Cn1ccc(=NCc2ccccc2)cc1. The zero-order chi connectivity index (χ0) is 15.2. The average molecular weight is 369 g/mol. The van der Waals surface area contributed by atoms with Gasteiger partial charge in [-0.25, -0.2) is 0 Å². The van der Waals surface area contributed by atoms with E-state index in [4.69, 9.17) is 0 Å². The maximum absolute atomic E-state index is 4.63. The molecule has 0 N–H and O–H groups in total. The van der Waals surface area contributed by atoms with Crippen molar-refractivity contribution in [2.45, 2.75) is 20.0 Å². The average Bonchev–Trinajstić information content (AvgIpc) is 2.57. The Morgan fingerprint density at radius 1 is 0.826 bits per heavy atom. The van der Waals surface area contributed by atoms with E-state index in [1.807, 2.05) is 18.2 Å². The maximum Gasteiger partial charge on any atom is 0.0646 e. The van der Waals surface area contributed by atoms with Crippen LogP contribution in [0.25, 0.3) is 0 Å². The first-order valence-corrected chi connectivity index (χ1v) is 7.56. The first-order chi connectivity index (χ1) is 10.8. The number of hydrogen-bond donors (Lipinski definition) is 0. The van der Waals surface area contributed by atoms with Crippen LogP contribution >= 0.6 is 17.0 Å². The Morgan fingerprint density at radius 3 is 2.17 bits per heavy atom. The third-order valence-corrected chi connectivity index (χ3v) is 3.77. The second-order valence-corrected chi connectivity index (χ2v) is 5.46. The Bertz CT molecular complexity index is 787. The van der Waals surface area contributed by atoms with Crippen molar-refractivity contribution in [3.8, 4) is 0 Å². The highest BCUT2D eigenvalue weighted by molar-refractivity contribution is 8.93. The molecule has 23 heavy (non-hydrogen) atoms. The largest absolute Gasteiger partial charge is 0.350 e. The molecule has 0 saturated heterocycles. The fraction of sp³-hybridized carbons (Fsp3) is 0.150. The van der Waals surface area contributed by atoms with Crippen LogP contribution in [0.4, 0.5) is 0 Å². The Balaban J connectivity index is 0.00000192. The van der Waals surface area contributed by atoms with Gasteiger partial charge < -0.3 is 4.57 Å². The lowest BCUT2D eigenvalue weighted by Gasteiger charge is -2.08. The number of pyridine rings is 1. The van der Waals surface area contributed by atoms with Crippen molar-refractivity contribution in [2.75, 3.05) is 0 Å². The number of nitrogens with zero attached hydrogens (tertiary/aromatic N) is 2. The Hall–Kier alpha value is -2.13. The van der Waals surface area contributed by atoms with E-state index in [1.165, 1.54) is 16.7 Å². The molecule has 3 aromatic rings. The molecule has 118 valence electrons. The zero-order valence-electron chi connectivity index (χ0n) is 13.2. The van der Waals surface area contributed by atoms with Gasteiger partial charge in [0.2, 0.25) is 0 Å². The van der Waals surface area contributed by atoms with Gasteiger partial charge in [0, 0.05) is 18.9 Å². The van der Waals surface area contributed by atoms with Crippen LogP contribution in [-0.4, -0.2) is 4.57 Å². The van der Waals surface area contributed by atoms with Crippen LogP contribution in [0.15, 0.2) is 84.1 Å². The summed E-state index contributed by atoms with van der Waals surface area (Å²) in [6.45, 7) is 3.77. The van der Waals surface area contributed by atoms with Gasteiger partial charge >= 0.3 is 0 Å². The highest BCUT2D eigenvalue weighted by Crippen LogP contribution is 2.08. The second-order valence-electron chi connectivity index (χ2n) is 5.46. The number of halogens is 1. The molecule has 0 spiro atoms. The third-order valence-electron chi connectivity index (χ3n) is 3.77. The van der Waals surface area contributed by atoms with Gasteiger partial charge in [0.05, 0.1) is 11.9 Å². The van der Waals surface area contributed by atoms with Crippen molar-refractivity contribution >= 4 is 17.0 Å². The predicted octanol–water partition coefficient (Wildman–Crippen LogP) is 4.52. The minimum Gasteiger partial charge on any atom is -0.350 e. The molecule has 0 radical (unpaired) electrons. The third kappa shape index (κ3) is 4.93. The van der Waals surface area contributed by atoms with E-state index in [0.717, 1.165) is 18.4 Å². The predicted molar refractivity (Wildman–Crippen MR) is 101 cm³/mol. The first kappa shape index (κ1) is 17.2. The van der Waals surface area contributed by atoms with Gasteiger partial charge in [0.1, 0.15) is 0 Å². The fourth-order valence-electron chi connectivity index (χ4n) is 2.41. The summed E-state index contributed by atoms with van der Waals surface area (Å²) in [6.07, 6.45) is 4.19. The summed E-state index contributed by atoms with van der Waals surface area (Å²) in [5.74, 6) is 0. The standard InChI is InChI=1S/C20H20N2.BrH/c1-17-7-5-6-10-19(17)16-22-13-11-20(12-14-22)21-15-18-8-3-2-4-9-18;/h2-14H,15-16H2,1H3;1H. The Kier molecular flexibility index (Phi) is 6.36. The maximum atomic E-state index is 4.63. The zero-order valence-corrected chi connectivity index (χ0v) is 14.9. The van der Waals surface area contributed by atoms with E-state index in [2.05, 4.69) is 77.4 Å². The molecular formula is C20H21BrN2. The molecule has 0 amide bonds. The smallest absolute Gasteiger partial charge is 0.0646 e. The number of rotatable bonds is 4. The summed E-state index contributed by atoms with van der Waals surface area (Å²) in [5, 5.41) is 1.02. The molecule has 0 atom stereocenters. The van der Waals surface area contributed by atoms with Crippen LogP contribution in [-0.2, 0) is 13.1 Å². The van der Waals surface area contributed by atoms with Crippen LogP contribution in [0.5, 0.6) is 0 Å². The molecule has 3 rings (SSSR count). The van der Waals surface area contributed by atoms with E-state index in [9.17, 15) is 0 Å². The first-order valence-electron chi connectivity index (χ1n) is 7.56. The van der Waals surface area contributed by atoms with Crippen molar-refractivity contribution in [1.82, 2.24) is 4.57 Å². The molecule has 0 saturated carbocycles. The van der Waals surface area contributed by atoms with Crippen molar-refractivity contribution < 1.29 is 0 Å². The summed E-state index contributed by atoms with van der Waals surface area (Å²) >= 11 is 0. The summed E-state index contributed by atoms with van der Waals surface area (Å²) < 4.78 is 2.18. The number of aromatic nitrogens is 1. The summed E-state index contributed by atoms with van der Waals surface area (Å²) in [5.41, 5.74) is 3.91. The fourth-order valence-corrected chi connectivity index (χ4v) is 2.41. The van der Waals surface area contributed by atoms with Gasteiger partial charge in [-0.3, -0.25) is 4.99 Å².